The Bertz CT molecular complexity index is 1430. The van der Waals surface area contributed by atoms with E-state index in [9.17, 15) is 14.7 Å². The summed E-state index contributed by atoms with van der Waals surface area (Å²) in [6.07, 6.45) is 0.523. The molecule has 1 aliphatic rings. The lowest BCUT2D eigenvalue weighted by atomic mass is 9.94. The van der Waals surface area contributed by atoms with E-state index in [1.165, 1.54) is 4.90 Å². The van der Waals surface area contributed by atoms with Gasteiger partial charge < -0.3 is 23.9 Å². The van der Waals surface area contributed by atoms with E-state index in [-0.39, 0.29) is 17.9 Å². The van der Waals surface area contributed by atoms with Crippen molar-refractivity contribution in [1.29, 1.82) is 0 Å². The molecule has 4 aromatic rings. The van der Waals surface area contributed by atoms with Crippen LogP contribution in [0.15, 0.2) is 94.6 Å². The van der Waals surface area contributed by atoms with Crippen molar-refractivity contribution in [2.24, 2.45) is 0 Å². The molecule has 182 valence electrons. The molecule has 1 N–H and O–H groups in total. The highest BCUT2D eigenvalue weighted by Crippen LogP contribution is 2.40. The number of Topliss-reactive ketones (excluding diaryl/α,β-unsaturated/α-hetero) is 1. The largest absolute Gasteiger partial charge is 0.503 e. The molecular formula is C29H25NO6. The highest BCUT2D eigenvalue weighted by Gasteiger charge is 2.44. The summed E-state index contributed by atoms with van der Waals surface area (Å²) in [4.78, 5) is 28.5. The molecular weight excluding hydrogens is 458 g/mol. The fourth-order valence-electron chi connectivity index (χ4n) is 4.54. The van der Waals surface area contributed by atoms with Gasteiger partial charge in [-0.05, 0) is 53.9 Å². The van der Waals surface area contributed by atoms with Gasteiger partial charge in [-0.25, -0.2) is 0 Å². The first kappa shape index (κ1) is 23.2. The van der Waals surface area contributed by atoms with Crippen molar-refractivity contribution in [2.45, 2.75) is 12.5 Å². The second-order valence-corrected chi connectivity index (χ2v) is 8.52. The first-order valence-corrected chi connectivity index (χ1v) is 11.5. The number of benzene rings is 3. The summed E-state index contributed by atoms with van der Waals surface area (Å²) >= 11 is 0. The third kappa shape index (κ3) is 4.20. The van der Waals surface area contributed by atoms with E-state index in [4.69, 9.17) is 13.9 Å². The number of hydrogen-bond acceptors (Lipinski definition) is 6. The summed E-state index contributed by atoms with van der Waals surface area (Å²) < 4.78 is 16.4. The Morgan fingerprint density at radius 1 is 0.944 bits per heavy atom. The molecule has 0 bridgehead atoms. The lowest BCUT2D eigenvalue weighted by Gasteiger charge is -2.27. The molecule has 1 unspecified atom stereocenters. The van der Waals surface area contributed by atoms with Crippen LogP contribution in [0.1, 0.15) is 27.7 Å². The van der Waals surface area contributed by atoms with Crippen LogP contribution in [0.4, 0.5) is 0 Å². The lowest BCUT2D eigenvalue weighted by molar-refractivity contribution is -0.129. The predicted molar refractivity (Wildman–Crippen MR) is 134 cm³/mol. The number of amides is 1. The number of carbonyl (C=O) groups excluding carboxylic acids is 2. The smallest absolute Gasteiger partial charge is 0.290 e. The molecule has 0 aliphatic carbocycles. The zero-order valence-corrected chi connectivity index (χ0v) is 19.9. The second-order valence-electron chi connectivity index (χ2n) is 8.52. The van der Waals surface area contributed by atoms with Crippen LogP contribution >= 0.6 is 0 Å². The summed E-state index contributed by atoms with van der Waals surface area (Å²) in [5.74, 6) is -0.314. The van der Waals surface area contributed by atoms with Gasteiger partial charge in [0.1, 0.15) is 17.1 Å². The van der Waals surface area contributed by atoms with Gasteiger partial charge in [0, 0.05) is 11.9 Å². The van der Waals surface area contributed by atoms with Gasteiger partial charge in [-0.1, -0.05) is 42.5 Å². The van der Waals surface area contributed by atoms with Gasteiger partial charge in [0.15, 0.2) is 11.5 Å². The maximum atomic E-state index is 13.7. The number of aliphatic hydroxyl groups is 1. The van der Waals surface area contributed by atoms with Gasteiger partial charge in [0.05, 0.1) is 25.8 Å². The third-order valence-electron chi connectivity index (χ3n) is 6.41. The van der Waals surface area contributed by atoms with E-state index in [1.54, 1.807) is 44.6 Å². The number of fused-ring (bicyclic) bond motifs is 1. The van der Waals surface area contributed by atoms with Gasteiger partial charge >= 0.3 is 0 Å². The number of rotatable bonds is 8. The van der Waals surface area contributed by atoms with Crippen molar-refractivity contribution >= 4 is 22.7 Å². The lowest BCUT2D eigenvalue weighted by Crippen LogP contribution is -2.33. The fourth-order valence-corrected chi connectivity index (χ4v) is 4.54. The quantitative estimate of drug-likeness (QED) is 0.344. The Balaban J connectivity index is 1.52. The molecule has 0 saturated heterocycles. The molecule has 1 aromatic heterocycles. The number of para-hydroxylation sites is 1. The van der Waals surface area contributed by atoms with Crippen LogP contribution in [0.2, 0.25) is 0 Å². The number of nitrogens with zero attached hydrogens (tertiary/aromatic N) is 1. The van der Waals surface area contributed by atoms with Crippen LogP contribution in [0.25, 0.3) is 11.0 Å². The van der Waals surface area contributed by atoms with Crippen LogP contribution in [0.3, 0.4) is 0 Å². The molecule has 1 amide bonds. The number of ketones is 1. The zero-order chi connectivity index (χ0) is 25.2. The Hall–Kier alpha value is -4.52. The minimum atomic E-state index is -0.799. The molecule has 1 aliphatic heterocycles. The Kier molecular flexibility index (Phi) is 6.21. The van der Waals surface area contributed by atoms with Crippen LogP contribution in [-0.4, -0.2) is 42.5 Å². The van der Waals surface area contributed by atoms with E-state index in [2.05, 4.69) is 0 Å². The average molecular weight is 484 g/mol. The molecule has 7 heteroatoms. The van der Waals surface area contributed by atoms with Crippen LogP contribution in [0, 0.1) is 0 Å². The molecule has 36 heavy (non-hydrogen) atoms. The maximum Gasteiger partial charge on any atom is 0.290 e. The third-order valence-corrected chi connectivity index (χ3v) is 6.41. The van der Waals surface area contributed by atoms with Gasteiger partial charge in [0.25, 0.3) is 5.91 Å². The number of ether oxygens (including phenoxy) is 2. The highest BCUT2D eigenvalue weighted by atomic mass is 16.5. The number of furan rings is 1. The SMILES string of the molecule is COc1ccc(CCN2C(=O)C(O)=C(C(=O)c3cc4ccccc4o3)C2c2cccc(OC)c2)cc1. The number of hydrogen-bond donors (Lipinski definition) is 1. The predicted octanol–water partition coefficient (Wildman–Crippen LogP) is 5.27. The number of carbonyl (C=O) groups is 2. The summed E-state index contributed by atoms with van der Waals surface area (Å²) in [6, 6.07) is 22.8. The number of methoxy groups -OCH3 is 2. The topological polar surface area (TPSA) is 89.2 Å². The van der Waals surface area contributed by atoms with Crippen molar-refractivity contribution in [2.75, 3.05) is 20.8 Å². The maximum absolute atomic E-state index is 13.7. The first-order chi connectivity index (χ1) is 17.5. The van der Waals surface area contributed by atoms with Gasteiger partial charge in [-0.3, -0.25) is 9.59 Å². The molecule has 3 aromatic carbocycles. The summed E-state index contributed by atoms with van der Waals surface area (Å²) in [5.41, 5.74) is 2.19. The van der Waals surface area contributed by atoms with Crippen LogP contribution < -0.4 is 9.47 Å². The molecule has 2 heterocycles. The zero-order valence-electron chi connectivity index (χ0n) is 19.9. The van der Waals surface area contributed by atoms with Crippen LogP contribution in [0.5, 0.6) is 11.5 Å². The molecule has 7 nitrogen and oxygen atoms in total. The van der Waals surface area contributed by atoms with Gasteiger partial charge in [-0.2, -0.15) is 0 Å². The molecule has 1 atom stereocenters. The van der Waals surface area contributed by atoms with Gasteiger partial charge in [0.2, 0.25) is 5.78 Å². The summed E-state index contributed by atoms with van der Waals surface area (Å²) in [5, 5.41) is 11.7. The Morgan fingerprint density at radius 2 is 1.69 bits per heavy atom. The second kappa shape index (κ2) is 9.62. The molecule has 5 rings (SSSR count). The monoisotopic (exact) mass is 483 g/mol. The Morgan fingerprint density at radius 3 is 2.42 bits per heavy atom. The Labute approximate surface area is 208 Å². The number of aliphatic hydroxyl groups excluding tert-OH is 1. The van der Waals surface area contributed by atoms with E-state index >= 15 is 0 Å². The van der Waals surface area contributed by atoms with Crippen molar-refractivity contribution in [3.63, 3.8) is 0 Å². The van der Waals surface area contributed by atoms with E-state index in [0.29, 0.717) is 23.3 Å². The molecule has 0 saturated carbocycles. The van der Waals surface area contributed by atoms with Crippen molar-refractivity contribution in [3.05, 3.63) is 107 Å². The highest BCUT2D eigenvalue weighted by molar-refractivity contribution is 6.16. The molecule has 0 fully saturated rings. The van der Waals surface area contributed by atoms with Crippen molar-refractivity contribution in [1.82, 2.24) is 4.90 Å². The summed E-state index contributed by atoms with van der Waals surface area (Å²) in [6.45, 7) is 0.286. The van der Waals surface area contributed by atoms with E-state index in [0.717, 1.165) is 16.7 Å². The standard InChI is InChI=1S/C29H25NO6/c1-34-21-12-10-18(11-13-21)14-15-30-26(20-7-5-8-22(16-20)35-2)25(28(32)29(30)33)27(31)24-17-19-6-3-4-9-23(19)36-24/h3-13,16-17,26,32H,14-15H2,1-2H3. The molecule has 0 spiro atoms. The van der Waals surface area contributed by atoms with Gasteiger partial charge in [-0.15, -0.1) is 0 Å². The minimum absolute atomic E-state index is 0.0120. The van der Waals surface area contributed by atoms with Crippen molar-refractivity contribution in [3.8, 4) is 11.5 Å². The van der Waals surface area contributed by atoms with E-state index < -0.39 is 23.5 Å². The van der Waals surface area contributed by atoms with E-state index in [1.807, 2.05) is 48.5 Å². The first-order valence-electron chi connectivity index (χ1n) is 11.5. The molecule has 0 radical (unpaired) electrons. The fraction of sp³-hybridized carbons (Fsp3) is 0.172. The summed E-state index contributed by atoms with van der Waals surface area (Å²) in [7, 11) is 3.15. The van der Waals surface area contributed by atoms with Crippen LogP contribution in [-0.2, 0) is 11.2 Å². The average Bonchev–Trinajstić information content (AvgIpc) is 3.46. The minimum Gasteiger partial charge on any atom is -0.503 e. The normalized spacial score (nSPS) is 15.6. The van der Waals surface area contributed by atoms with Crippen molar-refractivity contribution < 1.29 is 28.6 Å².